The van der Waals surface area contributed by atoms with E-state index in [0.29, 0.717) is 16.4 Å². The molecule has 7 heteroatoms. The van der Waals surface area contributed by atoms with E-state index in [2.05, 4.69) is 15.5 Å². The molecule has 1 N–H and O–H groups in total. The van der Waals surface area contributed by atoms with Crippen molar-refractivity contribution in [1.29, 1.82) is 0 Å². The minimum atomic E-state index is -0.262. The third-order valence-electron chi connectivity index (χ3n) is 3.22. The van der Waals surface area contributed by atoms with Crippen LogP contribution in [-0.4, -0.2) is 29.8 Å². The minimum Gasteiger partial charge on any atom is -0.496 e. The lowest BCUT2D eigenvalue weighted by Gasteiger charge is -2.06. The summed E-state index contributed by atoms with van der Waals surface area (Å²) in [7, 11) is 1.53. The van der Waals surface area contributed by atoms with Crippen molar-refractivity contribution in [3.8, 4) is 5.75 Å². The molecule has 0 spiro atoms. The highest BCUT2D eigenvalue weighted by atomic mass is 32.1. The van der Waals surface area contributed by atoms with Crippen LogP contribution in [0.15, 0.2) is 24.3 Å². The van der Waals surface area contributed by atoms with Gasteiger partial charge in [0.05, 0.1) is 12.7 Å². The first-order valence-corrected chi connectivity index (χ1v) is 7.49. The van der Waals surface area contributed by atoms with Crippen LogP contribution in [0.4, 0.5) is 5.13 Å². The van der Waals surface area contributed by atoms with E-state index in [9.17, 15) is 4.79 Å². The topological polar surface area (TPSA) is 73.3 Å². The summed E-state index contributed by atoms with van der Waals surface area (Å²) in [6.07, 6.45) is 2.00. The van der Waals surface area contributed by atoms with Gasteiger partial charge in [0.25, 0.3) is 5.91 Å². The van der Waals surface area contributed by atoms with Crippen molar-refractivity contribution in [3.05, 3.63) is 34.8 Å². The number of aromatic nitrogens is 2. The molecular formula is C14H15N3O3S. The van der Waals surface area contributed by atoms with Crippen molar-refractivity contribution >= 4 is 22.4 Å². The zero-order valence-electron chi connectivity index (χ0n) is 11.5. The third-order valence-corrected chi connectivity index (χ3v) is 4.15. The van der Waals surface area contributed by atoms with E-state index in [1.165, 1.54) is 18.4 Å². The van der Waals surface area contributed by atoms with Gasteiger partial charge in [-0.2, -0.15) is 0 Å². The summed E-state index contributed by atoms with van der Waals surface area (Å²) in [6.45, 7) is 0.757. The van der Waals surface area contributed by atoms with Gasteiger partial charge in [0.1, 0.15) is 16.9 Å². The Bertz CT molecular complexity index is 638. The largest absolute Gasteiger partial charge is 0.496 e. The normalized spacial score (nSPS) is 17.7. The predicted octanol–water partition coefficient (Wildman–Crippen LogP) is 2.65. The maximum Gasteiger partial charge on any atom is 0.261 e. The molecule has 1 amide bonds. The summed E-state index contributed by atoms with van der Waals surface area (Å²) in [5, 5.41) is 12.1. The van der Waals surface area contributed by atoms with Crippen LogP contribution in [0.3, 0.4) is 0 Å². The Morgan fingerprint density at radius 3 is 3.05 bits per heavy atom. The average molecular weight is 305 g/mol. The summed E-state index contributed by atoms with van der Waals surface area (Å²) >= 11 is 1.35. The molecule has 1 aliphatic heterocycles. The second kappa shape index (κ2) is 6.19. The SMILES string of the molecule is COc1ccccc1C(=O)Nc1nnc([C@H]2CCCO2)s1. The number of hydrogen-bond donors (Lipinski definition) is 1. The minimum absolute atomic E-state index is 0.0133. The molecule has 0 saturated carbocycles. The highest BCUT2D eigenvalue weighted by molar-refractivity contribution is 7.15. The molecule has 0 unspecified atom stereocenters. The number of hydrogen-bond acceptors (Lipinski definition) is 6. The molecule has 1 saturated heterocycles. The average Bonchev–Trinajstić information content (AvgIpc) is 3.17. The number of carbonyl (C=O) groups is 1. The molecule has 110 valence electrons. The Labute approximate surface area is 126 Å². The van der Waals surface area contributed by atoms with Crippen molar-refractivity contribution in [3.63, 3.8) is 0 Å². The second-order valence-electron chi connectivity index (χ2n) is 4.60. The predicted molar refractivity (Wildman–Crippen MR) is 78.8 cm³/mol. The lowest BCUT2D eigenvalue weighted by molar-refractivity contribution is 0.102. The van der Waals surface area contributed by atoms with E-state index in [-0.39, 0.29) is 12.0 Å². The number of ether oxygens (including phenoxy) is 2. The summed E-state index contributed by atoms with van der Waals surface area (Å²) in [4.78, 5) is 12.2. The van der Waals surface area contributed by atoms with E-state index in [4.69, 9.17) is 9.47 Å². The van der Waals surface area contributed by atoms with Gasteiger partial charge in [0.2, 0.25) is 5.13 Å². The number of carbonyl (C=O) groups excluding carboxylic acids is 1. The van der Waals surface area contributed by atoms with E-state index in [1.54, 1.807) is 18.2 Å². The molecule has 0 bridgehead atoms. The monoisotopic (exact) mass is 305 g/mol. The van der Waals surface area contributed by atoms with Crippen molar-refractivity contribution in [2.75, 3.05) is 19.0 Å². The fraction of sp³-hybridized carbons (Fsp3) is 0.357. The van der Waals surface area contributed by atoms with E-state index < -0.39 is 0 Å². The van der Waals surface area contributed by atoms with Gasteiger partial charge in [0.15, 0.2) is 0 Å². The van der Waals surface area contributed by atoms with Gasteiger partial charge in [-0.05, 0) is 25.0 Å². The number of rotatable bonds is 4. The van der Waals surface area contributed by atoms with Gasteiger partial charge in [-0.15, -0.1) is 10.2 Å². The molecule has 1 aliphatic rings. The van der Waals surface area contributed by atoms with Gasteiger partial charge in [-0.1, -0.05) is 23.5 Å². The summed E-state index contributed by atoms with van der Waals surface area (Å²) in [5.74, 6) is 0.265. The van der Waals surface area contributed by atoms with Gasteiger partial charge in [-0.25, -0.2) is 0 Å². The maximum atomic E-state index is 12.2. The number of nitrogens with one attached hydrogen (secondary N) is 1. The highest BCUT2D eigenvalue weighted by Crippen LogP contribution is 2.32. The van der Waals surface area contributed by atoms with Crippen molar-refractivity contribution in [2.45, 2.75) is 18.9 Å². The molecule has 2 heterocycles. The highest BCUT2D eigenvalue weighted by Gasteiger charge is 2.22. The van der Waals surface area contributed by atoms with Crippen LogP contribution in [0.5, 0.6) is 5.75 Å². The second-order valence-corrected chi connectivity index (χ2v) is 5.61. The zero-order chi connectivity index (χ0) is 14.7. The van der Waals surface area contributed by atoms with Gasteiger partial charge in [0, 0.05) is 6.61 Å². The van der Waals surface area contributed by atoms with Crippen molar-refractivity contribution < 1.29 is 14.3 Å². The van der Waals surface area contributed by atoms with E-state index in [1.807, 2.05) is 6.07 Å². The van der Waals surface area contributed by atoms with Crippen LogP contribution >= 0.6 is 11.3 Å². The molecule has 1 atom stereocenters. The molecule has 21 heavy (non-hydrogen) atoms. The van der Waals surface area contributed by atoms with Crippen LogP contribution in [0.2, 0.25) is 0 Å². The molecule has 1 fully saturated rings. The molecule has 1 aromatic heterocycles. The Morgan fingerprint density at radius 1 is 1.43 bits per heavy atom. The number of benzene rings is 1. The summed E-state index contributed by atoms with van der Waals surface area (Å²) in [5.41, 5.74) is 0.467. The first kappa shape index (κ1) is 14.0. The Morgan fingerprint density at radius 2 is 2.29 bits per heavy atom. The zero-order valence-corrected chi connectivity index (χ0v) is 12.4. The van der Waals surface area contributed by atoms with Crippen molar-refractivity contribution in [2.24, 2.45) is 0 Å². The summed E-state index contributed by atoms with van der Waals surface area (Å²) < 4.78 is 10.7. The number of amides is 1. The van der Waals surface area contributed by atoms with E-state index in [0.717, 1.165) is 24.5 Å². The first-order valence-electron chi connectivity index (χ1n) is 6.67. The Balaban J connectivity index is 1.72. The molecule has 2 aromatic rings. The molecule has 1 aromatic carbocycles. The standard InChI is InChI=1S/C14H15N3O3S/c1-19-10-6-3-2-5-9(10)12(18)15-14-17-16-13(21-14)11-7-4-8-20-11/h2-3,5-6,11H,4,7-8H2,1H3,(H,15,17,18)/t11-/m1/s1. The fourth-order valence-electron chi connectivity index (χ4n) is 2.18. The number of methoxy groups -OCH3 is 1. The summed E-state index contributed by atoms with van der Waals surface area (Å²) in [6, 6.07) is 7.05. The Hall–Kier alpha value is -1.99. The number of anilines is 1. The quantitative estimate of drug-likeness (QED) is 0.940. The first-order chi connectivity index (χ1) is 10.3. The molecular weight excluding hydrogens is 290 g/mol. The van der Waals surface area contributed by atoms with Crippen molar-refractivity contribution in [1.82, 2.24) is 10.2 Å². The fourth-order valence-corrected chi connectivity index (χ4v) is 3.01. The Kier molecular flexibility index (Phi) is 4.12. The maximum absolute atomic E-state index is 12.2. The van der Waals surface area contributed by atoms with Crippen LogP contribution in [0.1, 0.15) is 34.3 Å². The lowest BCUT2D eigenvalue weighted by Crippen LogP contribution is -2.12. The van der Waals surface area contributed by atoms with Crippen LogP contribution < -0.4 is 10.1 Å². The molecule has 3 rings (SSSR count). The van der Waals surface area contributed by atoms with Gasteiger partial charge in [-0.3, -0.25) is 10.1 Å². The number of nitrogens with zero attached hydrogens (tertiary/aromatic N) is 2. The third kappa shape index (κ3) is 3.03. The van der Waals surface area contributed by atoms with Gasteiger partial charge >= 0.3 is 0 Å². The molecule has 0 radical (unpaired) electrons. The van der Waals surface area contributed by atoms with E-state index >= 15 is 0 Å². The van der Waals surface area contributed by atoms with Crippen LogP contribution in [0, 0.1) is 0 Å². The smallest absolute Gasteiger partial charge is 0.261 e. The molecule has 0 aliphatic carbocycles. The molecule has 6 nitrogen and oxygen atoms in total. The lowest BCUT2D eigenvalue weighted by atomic mass is 10.2. The van der Waals surface area contributed by atoms with Crippen LogP contribution in [0.25, 0.3) is 0 Å². The van der Waals surface area contributed by atoms with Gasteiger partial charge < -0.3 is 9.47 Å². The van der Waals surface area contributed by atoms with Crippen LogP contribution in [-0.2, 0) is 4.74 Å². The number of para-hydroxylation sites is 1.